The molecule has 1 rings (SSSR count). The van der Waals surface area contributed by atoms with Crippen molar-refractivity contribution in [1.29, 1.82) is 5.26 Å². The number of nitrogens with zero attached hydrogens (tertiary/aromatic N) is 1. The number of rotatable bonds is 0. The molecule has 1 aromatic rings. The molecule has 0 unspecified atom stereocenters. The number of hydrogen-bond donors (Lipinski definition) is 0. The fourth-order valence-electron chi connectivity index (χ4n) is 0.622. The van der Waals surface area contributed by atoms with Gasteiger partial charge in [-0.3, -0.25) is 0 Å². The Kier molecular flexibility index (Phi) is 2.15. The normalized spacial score (nSPS) is 8.80. The second-order valence-electron chi connectivity index (χ2n) is 1.85. The number of benzene rings is 1. The van der Waals surface area contributed by atoms with Crippen LogP contribution in [0.4, 0.5) is 4.39 Å². The summed E-state index contributed by atoms with van der Waals surface area (Å²) in [5.41, 5.74) is 0.112. The van der Waals surface area contributed by atoms with Crippen LogP contribution in [-0.2, 0) is 0 Å². The molecule has 2 radical (unpaired) electrons. The van der Waals surface area contributed by atoms with Gasteiger partial charge in [0.2, 0.25) is 0 Å². The van der Waals surface area contributed by atoms with Gasteiger partial charge in [0.1, 0.15) is 0 Å². The molecule has 0 atom stereocenters. The Hall–Kier alpha value is -0.724. The molecule has 0 saturated carbocycles. The summed E-state index contributed by atoms with van der Waals surface area (Å²) in [6, 6.07) is 6.36. The van der Waals surface area contributed by atoms with E-state index >= 15 is 0 Å². The van der Waals surface area contributed by atoms with E-state index in [-0.39, 0.29) is 5.56 Å². The van der Waals surface area contributed by atoms with Gasteiger partial charge >= 0.3 is 68.0 Å². The number of nitriles is 1. The summed E-state index contributed by atoms with van der Waals surface area (Å²) in [5.74, 6) is -0.427. The predicted molar refractivity (Wildman–Crippen MR) is 36.5 cm³/mol. The van der Waals surface area contributed by atoms with E-state index in [2.05, 4.69) is 0 Å². The Morgan fingerprint density at radius 3 is 2.70 bits per heavy atom. The molecule has 0 fully saturated rings. The molecular weight excluding hydrogens is 187 g/mol. The summed E-state index contributed by atoms with van der Waals surface area (Å²) in [5, 5.41) is 8.32. The first-order valence-corrected chi connectivity index (χ1v) is 3.90. The quantitative estimate of drug-likeness (QED) is 0.546. The molecule has 10 heavy (non-hydrogen) atoms. The zero-order valence-electron chi connectivity index (χ0n) is 5.13. The molecule has 0 bridgehead atoms. The Balaban J connectivity index is 3.23. The number of hydrogen-bond acceptors (Lipinski definition) is 1. The molecule has 3 heteroatoms. The third kappa shape index (κ3) is 1.41. The standard InChI is InChI=1S/C7H3FN.Ga/c8-7-4-2-1-3-6(7)5-9;/h1,3-4H;. The third-order valence-corrected chi connectivity index (χ3v) is 1.87. The second kappa shape index (κ2) is 2.91. The van der Waals surface area contributed by atoms with Gasteiger partial charge in [-0.05, 0) is 0 Å². The van der Waals surface area contributed by atoms with Crippen molar-refractivity contribution >= 4 is 22.7 Å². The van der Waals surface area contributed by atoms with E-state index in [1.165, 1.54) is 30.7 Å². The van der Waals surface area contributed by atoms with Crippen molar-refractivity contribution in [1.82, 2.24) is 0 Å². The van der Waals surface area contributed by atoms with Gasteiger partial charge in [-0.15, -0.1) is 0 Å². The summed E-state index contributed by atoms with van der Waals surface area (Å²) >= 11 is 1.35. The van der Waals surface area contributed by atoms with Gasteiger partial charge in [0.05, 0.1) is 0 Å². The van der Waals surface area contributed by atoms with Gasteiger partial charge in [-0.1, -0.05) is 0 Å². The maximum absolute atomic E-state index is 12.6. The van der Waals surface area contributed by atoms with E-state index in [9.17, 15) is 4.39 Å². The van der Waals surface area contributed by atoms with Crippen LogP contribution in [0.5, 0.6) is 0 Å². The molecule has 0 heterocycles. The van der Waals surface area contributed by atoms with Crippen molar-refractivity contribution < 1.29 is 4.39 Å². The Labute approximate surface area is 68.4 Å². The van der Waals surface area contributed by atoms with Gasteiger partial charge in [0.15, 0.2) is 0 Å². The van der Waals surface area contributed by atoms with Crippen LogP contribution in [0.15, 0.2) is 18.2 Å². The van der Waals surface area contributed by atoms with Crippen LogP contribution in [0.2, 0.25) is 0 Å². The van der Waals surface area contributed by atoms with Crippen molar-refractivity contribution in [3.8, 4) is 6.07 Å². The fraction of sp³-hybridized carbons (Fsp3) is 0. The van der Waals surface area contributed by atoms with Crippen molar-refractivity contribution in [3.05, 3.63) is 29.6 Å². The first-order chi connectivity index (χ1) is 4.74. The van der Waals surface area contributed by atoms with Crippen molar-refractivity contribution in [2.45, 2.75) is 0 Å². The van der Waals surface area contributed by atoms with E-state index in [1.54, 1.807) is 12.1 Å². The second-order valence-corrected chi connectivity index (χ2v) is 3.25. The minimum absolute atomic E-state index is 0.112. The Bertz CT molecular complexity index is 290. The molecule has 0 aliphatic rings. The van der Waals surface area contributed by atoms with E-state index in [0.717, 1.165) is 4.12 Å². The molecule has 1 nitrogen and oxygen atoms in total. The molecule has 1 aromatic carbocycles. The van der Waals surface area contributed by atoms with Crippen LogP contribution < -0.4 is 4.12 Å². The van der Waals surface area contributed by atoms with Gasteiger partial charge in [-0.25, -0.2) is 0 Å². The minimum atomic E-state index is -0.427. The molecule has 0 N–H and O–H groups in total. The van der Waals surface area contributed by atoms with Crippen molar-refractivity contribution in [2.75, 3.05) is 0 Å². The SMILES string of the molecule is N#Cc1cc[c]([Ga])cc1F. The molecule has 0 saturated heterocycles. The molecule has 0 aliphatic carbocycles. The van der Waals surface area contributed by atoms with E-state index in [4.69, 9.17) is 5.26 Å². The van der Waals surface area contributed by atoms with E-state index < -0.39 is 5.82 Å². The summed E-state index contributed by atoms with van der Waals surface area (Å²) < 4.78 is 13.5. The average molecular weight is 190 g/mol. The molecule has 0 aliphatic heterocycles. The van der Waals surface area contributed by atoms with Crippen LogP contribution >= 0.6 is 0 Å². The first-order valence-electron chi connectivity index (χ1n) is 2.69. The summed E-state index contributed by atoms with van der Waals surface area (Å²) in [4.78, 5) is 0. The Morgan fingerprint density at radius 2 is 2.20 bits per heavy atom. The van der Waals surface area contributed by atoms with Gasteiger partial charge in [0, 0.05) is 0 Å². The first kappa shape index (κ1) is 7.38. The molecule has 46 valence electrons. The van der Waals surface area contributed by atoms with Crippen LogP contribution in [0, 0.1) is 17.1 Å². The summed E-state index contributed by atoms with van der Waals surface area (Å²) in [6.07, 6.45) is 0. The van der Waals surface area contributed by atoms with Gasteiger partial charge in [0.25, 0.3) is 0 Å². The van der Waals surface area contributed by atoms with E-state index in [0.29, 0.717) is 0 Å². The van der Waals surface area contributed by atoms with E-state index in [1.807, 2.05) is 0 Å². The topological polar surface area (TPSA) is 23.8 Å². The summed E-state index contributed by atoms with van der Waals surface area (Å²) in [7, 11) is 0. The maximum atomic E-state index is 12.6. The fourth-order valence-corrected chi connectivity index (χ4v) is 1.13. The number of halogens is 1. The zero-order chi connectivity index (χ0) is 7.56. The molecule has 0 aromatic heterocycles. The average Bonchev–Trinajstić information content (AvgIpc) is 1.88. The van der Waals surface area contributed by atoms with Crippen LogP contribution in [0.25, 0.3) is 0 Å². The Morgan fingerprint density at radius 1 is 1.50 bits per heavy atom. The molecule has 0 spiro atoms. The molecule has 0 amide bonds. The third-order valence-electron chi connectivity index (χ3n) is 1.11. The monoisotopic (exact) mass is 189 g/mol. The molecular formula is C7H3FGaN. The van der Waals surface area contributed by atoms with Crippen molar-refractivity contribution in [2.24, 2.45) is 0 Å². The van der Waals surface area contributed by atoms with Crippen LogP contribution in [-0.4, -0.2) is 18.6 Å². The van der Waals surface area contributed by atoms with Crippen LogP contribution in [0.1, 0.15) is 5.56 Å². The van der Waals surface area contributed by atoms with Crippen molar-refractivity contribution in [3.63, 3.8) is 0 Å². The zero-order valence-corrected chi connectivity index (χ0v) is 7.56. The predicted octanol–water partition coefficient (Wildman–Crippen LogP) is 0.491. The van der Waals surface area contributed by atoms with Gasteiger partial charge < -0.3 is 0 Å². The summed E-state index contributed by atoms with van der Waals surface area (Å²) in [6.45, 7) is 0. The van der Waals surface area contributed by atoms with Crippen LogP contribution in [0.3, 0.4) is 0 Å². The van der Waals surface area contributed by atoms with Gasteiger partial charge in [-0.2, -0.15) is 0 Å².